The Labute approximate surface area is 172 Å². The summed E-state index contributed by atoms with van der Waals surface area (Å²) in [5.41, 5.74) is 2.16. The van der Waals surface area contributed by atoms with Gasteiger partial charge >= 0.3 is 5.69 Å². The Morgan fingerprint density at radius 3 is 2.55 bits per heavy atom. The Balaban J connectivity index is 1.61. The molecule has 4 aromatic rings. The van der Waals surface area contributed by atoms with Crippen LogP contribution in [0.4, 0.5) is 11.4 Å². The number of aromatic amines is 2. The molecule has 0 saturated heterocycles. The van der Waals surface area contributed by atoms with Crippen molar-refractivity contribution in [3.05, 3.63) is 81.1 Å². The van der Waals surface area contributed by atoms with E-state index in [0.29, 0.717) is 32.6 Å². The molecule has 0 radical (unpaired) electrons. The fraction of sp³-hybridized carbons (Fsp3) is 0.0500. The van der Waals surface area contributed by atoms with Gasteiger partial charge in [-0.05, 0) is 58.4 Å². The predicted molar refractivity (Wildman–Crippen MR) is 112 cm³/mol. The predicted octanol–water partition coefficient (Wildman–Crippen LogP) is 3.74. The number of furan rings is 1. The highest BCUT2D eigenvalue weighted by atomic mass is 79.9. The number of hydrogen-bond acceptors (Lipinski definition) is 4. The molecule has 3 N–H and O–H groups in total. The number of amides is 2. The lowest BCUT2D eigenvalue weighted by Crippen LogP contribution is -2.28. The van der Waals surface area contributed by atoms with E-state index in [4.69, 9.17) is 4.42 Å². The fourth-order valence-corrected chi connectivity index (χ4v) is 3.28. The first-order valence-electron chi connectivity index (χ1n) is 8.58. The molecule has 0 unspecified atom stereocenters. The number of hydrogen-bond donors (Lipinski definition) is 3. The van der Waals surface area contributed by atoms with Gasteiger partial charge in [0.05, 0.1) is 22.3 Å². The second-order valence-corrected chi connectivity index (χ2v) is 7.06. The maximum Gasteiger partial charge on any atom is 0.323 e. The first-order valence-corrected chi connectivity index (χ1v) is 9.37. The van der Waals surface area contributed by atoms with Crippen LogP contribution >= 0.6 is 15.9 Å². The van der Waals surface area contributed by atoms with Crippen LogP contribution in [0, 0.1) is 0 Å². The number of fused-ring (bicyclic) bond motifs is 1. The lowest BCUT2D eigenvalue weighted by atomic mass is 10.1. The first kappa shape index (κ1) is 18.8. The molecule has 4 rings (SSSR count). The minimum Gasteiger partial charge on any atom is -0.444 e. The summed E-state index contributed by atoms with van der Waals surface area (Å²) in [7, 11) is 1.57. The van der Waals surface area contributed by atoms with E-state index in [9.17, 15) is 14.4 Å². The largest absolute Gasteiger partial charge is 0.444 e. The van der Waals surface area contributed by atoms with Gasteiger partial charge in [-0.1, -0.05) is 12.1 Å². The van der Waals surface area contributed by atoms with E-state index < -0.39 is 5.91 Å². The van der Waals surface area contributed by atoms with E-state index in [2.05, 4.69) is 31.2 Å². The maximum absolute atomic E-state index is 12.9. The Hall–Kier alpha value is -3.59. The third-order valence-electron chi connectivity index (χ3n) is 4.37. The van der Waals surface area contributed by atoms with Crippen molar-refractivity contribution in [2.24, 2.45) is 0 Å². The second kappa shape index (κ2) is 7.44. The van der Waals surface area contributed by atoms with E-state index >= 15 is 0 Å². The molecule has 2 amide bonds. The number of para-hydroxylation sites is 1. The zero-order chi connectivity index (χ0) is 20.5. The zero-order valence-electron chi connectivity index (χ0n) is 15.2. The highest BCUT2D eigenvalue weighted by Crippen LogP contribution is 2.24. The second-order valence-electron chi connectivity index (χ2n) is 6.28. The van der Waals surface area contributed by atoms with Gasteiger partial charge in [0.15, 0.2) is 10.4 Å². The molecule has 2 heterocycles. The number of halogens is 1. The monoisotopic (exact) mass is 454 g/mol. The molecule has 0 aliphatic heterocycles. The number of H-pyrrole nitrogens is 2. The van der Waals surface area contributed by atoms with Gasteiger partial charge in [-0.2, -0.15) is 0 Å². The number of nitrogens with one attached hydrogen (secondary N) is 3. The lowest BCUT2D eigenvalue weighted by molar-refractivity contribution is 0.0965. The molecular formula is C20H15BrN4O4. The maximum atomic E-state index is 12.9. The van der Waals surface area contributed by atoms with Crippen molar-refractivity contribution in [2.75, 3.05) is 17.3 Å². The van der Waals surface area contributed by atoms with E-state index in [0.717, 1.165) is 0 Å². The number of imidazole rings is 1. The van der Waals surface area contributed by atoms with Crippen molar-refractivity contribution < 1.29 is 14.0 Å². The number of carbonyl (C=O) groups excluding carboxylic acids is 2. The van der Waals surface area contributed by atoms with Gasteiger partial charge in [0.1, 0.15) is 0 Å². The van der Waals surface area contributed by atoms with Crippen molar-refractivity contribution in [1.29, 1.82) is 0 Å². The molecule has 0 atom stereocenters. The van der Waals surface area contributed by atoms with Crippen LogP contribution in [0.2, 0.25) is 0 Å². The number of benzene rings is 2. The summed E-state index contributed by atoms with van der Waals surface area (Å²) < 4.78 is 5.76. The van der Waals surface area contributed by atoms with Crippen molar-refractivity contribution >= 4 is 50.2 Å². The zero-order valence-corrected chi connectivity index (χ0v) is 16.7. The van der Waals surface area contributed by atoms with Gasteiger partial charge in [-0.15, -0.1) is 0 Å². The number of rotatable bonds is 4. The molecule has 146 valence electrons. The summed E-state index contributed by atoms with van der Waals surface area (Å²) in [5, 5.41) is 2.79. The molecule has 0 aliphatic rings. The van der Waals surface area contributed by atoms with Gasteiger partial charge in [-0.3, -0.25) is 9.59 Å². The highest BCUT2D eigenvalue weighted by Gasteiger charge is 2.22. The molecule has 0 bridgehead atoms. The molecule has 2 aromatic carbocycles. The average molecular weight is 455 g/mol. The van der Waals surface area contributed by atoms with Crippen molar-refractivity contribution in [3.8, 4) is 0 Å². The molecule has 8 nitrogen and oxygen atoms in total. The van der Waals surface area contributed by atoms with Gasteiger partial charge in [0.25, 0.3) is 11.8 Å². The highest BCUT2D eigenvalue weighted by molar-refractivity contribution is 9.10. The molecular weight excluding hydrogens is 440 g/mol. The van der Waals surface area contributed by atoms with E-state index in [-0.39, 0.29) is 17.4 Å². The smallest absolute Gasteiger partial charge is 0.323 e. The Morgan fingerprint density at radius 2 is 1.79 bits per heavy atom. The summed E-state index contributed by atoms with van der Waals surface area (Å²) in [6, 6.07) is 15.0. The summed E-state index contributed by atoms with van der Waals surface area (Å²) in [6.45, 7) is 0. The summed E-state index contributed by atoms with van der Waals surface area (Å²) in [6.07, 6.45) is 0. The summed E-state index contributed by atoms with van der Waals surface area (Å²) in [4.78, 5) is 43.6. The van der Waals surface area contributed by atoms with Crippen LogP contribution in [0.3, 0.4) is 0 Å². The number of aromatic nitrogens is 2. The van der Waals surface area contributed by atoms with Crippen LogP contribution in [-0.2, 0) is 0 Å². The number of carbonyl (C=O) groups is 2. The fourth-order valence-electron chi connectivity index (χ4n) is 2.97. The standard InChI is InChI=1S/C20H15BrN4O4/c1-25(19(27)16-8-9-17(21)29-16)15-5-3-2-4-12(15)18(26)22-11-6-7-13-14(10-11)24-20(28)23-13/h2-10H,1H3,(H,22,26)(H2,23,24,28). The van der Waals surface area contributed by atoms with Crippen LogP contribution in [0.1, 0.15) is 20.9 Å². The minimum absolute atomic E-state index is 0.149. The van der Waals surface area contributed by atoms with Gasteiger partial charge in [-0.25, -0.2) is 4.79 Å². The van der Waals surface area contributed by atoms with Gasteiger partial charge in [0.2, 0.25) is 0 Å². The molecule has 0 spiro atoms. The van der Waals surface area contributed by atoms with E-state index in [1.54, 1.807) is 61.6 Å². The van der Waals surface area contributed by atoms with E-state index in [1.165, 1.54) is 4.90 Å². The van der Waals surface area contributed by atoms with Crippen LogP contribution in [0.15, 0.2) is 68.5 Å². The van der Waals surface area contributed by atoms with Crippen molar-refractivity contribution in [3.63, 3.8) is 0 Å². The average Bonchev–Trinajstić information content (AvgIpc) is 3.31. The Kier molecular flexibility index (Phi) is 4.81. The van der Waals surface area contributed by atoms with E-state index in [1.807, 2.05) is 0 Å². The number of nitrogens with zero attached hydrogens (tertiary/aromatic N) is 1. The van der Waals surface area contributed by atoms with Crippen LogP contribution in [-0.4, -0.2) is 28.8 Å². The SMILES string of the molecule is CN(C(=O)c1ccc(Br)o1)c1ccccc1C(=O)Nc1ccc2[nH]c(=O)[nH]c2c1. The van der Waals surface area contributed by atoms with Gasteiger partial charge in [0, 0.05) is 12.7 Å². The number of anilines is 2. The quantitative estimate of drug-likeness (QED) is 0.435. The third kappa shape index (κ3) is 3.72. The molecule has 0 fully saturated rings. The van der Waals surface area contributed by atoms with Crippen molar-refractivity contribution in [2.45, 2.75) is 0 Å². The molecule has 2 aromatic heterocycles. The van der Waals surface area contributed by atoms with Crippen molar-refractivity contribution in [1.82, 2.24) is 9.97 Å². The minimum atomic E-state index is -0.391. The van der Waals surface area contributed by atoms with Crippen LogP contribution in [0.5, 0.6) is 0 Å². The third-order valence-corrected chi connectivity index (χ3v) is 4.80. The molecule has 9 heteroatoms. The van der Waals surface area contributed by atoms with Crippen LogP contribution in [0.25, 0.3) is 11.0 Å². The normalized spacial score (nSPS) is 10.8. The van der Waals surface area contributed by atoms with Crippen LogP contribution < -0.4 is 15.9 Å². The molecule has 0 saturated carbocycles. The molecule has 29 heavy (non-hydrogen) atoms. The molecule has 0 aliphatic carbocycles. The summed E-state index contributed by atoms with van der Waals surface area (Å²) in [5.74, 6) is -0.628. The Morgan fingerprint density at radius 1 is 1.03 bits per heavy atom. The van der Waals surface area contributed by atoms with Gasteiger partial charge < -0.3 is 24.6 Å². The first-order chi connectivity index (χ1) is 13.9. The topological polar surface area (TPSA) is 111 Å². The Bertz CT molecular complexity index is 1290. The summed E-state index contributed by atoms with van der Waals surface area (Å²) >= 11 is 3.17. The lowest BCUT2D eigenvalue weighted by Gasteiger charge is -2.19.